The van der Waals surface area contributed by atoms with Crippen molar-refractivity contribution in [1.29, 1.82) is 0 Å². The molecule has 9 heteroatoms. The van der Waals surface area contributed by atoms with Crippen LogP contribution in [0.5, 0.6) is 5.75 Å². The molecule has 0 aliphatic heterocycles. The van der Waals surface area contributed by atoms with Crippen LogP contribution in [0.2, 0.25) is 0 Å². The molecule has 0 bridgehead atoms. The lowest BCUT2D eigenvalue weighted by Crippen LogP contribution is -2.43. The van der Waals surface area contributed by atoms with Gasteiger partial charge in [-0.25, -0.2) is 9.59 Å². The van der Waals surface area contributed by atoms with Gasteiger partial charge in [0.25, 0.3) is 0 Å². The summed E-state index contributed by atoms with van der Waals surface area (Å²) in [7, 11) is 0. The van der Waals surface area contributed by atoms with E-state index in [0.717, 1.165) is 11.1 Å². The molecule has 1 atom stereocenters. The first kappa shape index (κ1) is 29.9. The monoisotopic (exact) mass is 522 g/mol. The lowest BCUT2D eigenvalue weighted by molar-refractivity contribution is -0.300. The standard InChI is InChI=1S/C21H25NO6.C8H9NO/c1-21(2,3)28-27-20(25)22-18(19(23)24)13-15-9-11-17(12-10-15)26-14-16-7-5-4-6-8-16;1-6(10)7-2-4-8(9)5-3-7/h4-12,18H,13-14H2,1-3H3,(H,22,25)(H,23,24);2-5H,9H2,1H3/t18-;/m0./s1. The summed E-state index contributed by atoms with van der Waals surface area (Å²) in [5.74, 6) is -0.428. The van der Waals surface area contributed by atoms with E-state index in [-0.39, 0.29) is 12.2 Å². The summed E-state index contributed by atoms with van der Waals surface area (Å²) in [6, 6.07) is 22.5. The predicted octanol–water partition coefficient (Wildman–Crippen LogP) is 5.19. The van der Waals surface area contributed by atoms with Gasteiger partial charge in [0.1, 0.15) is 24.0 Å². The van der Waals surface area contributed by atoms with Crippen LogP contribution >= 0.6 is 0 Å². The normalized spacial score (nSPS) is 11.4. The van der Waals surface area contributed by atoms with Gasteiger partial charge in [0.05, 0.1) is 0 Å². The Morgan fingerprint density at radius 3 is 2.03 bits per heavy atom. The molecule has 9 nitrogen and oxygen atoms in total. The van der Waals surface area contributed by atoms with Gasteiger partial charge in [-0.05, 0) is 75.2 Å². The summed E-state index contributed by atoms with van der Waals surface area (Å²) in [5, 5.41) is 11.6. The minimum Gasteiger partial charge on any atom is -0.489 e. The number of nitrogens with one attached hydrogen (secondary N) is 1. The highest BCUT2D eigenvalue weighted by molar-refractivity contribution is 5.94. The number of carbonyl (C=O) groups is 3. The number of anilines is 1. The maximum absolute atomic E-state index is 11.7. The second-order valence-electron chi connectivity index (χ2n) is 9.40. The molecule has 3 aromatic rings. The quantitative estimate of drug-likeness (QED) is 0.151. The summed E-state index contributed by atoms with van der Waals surface area (Å²) < 4.78 is 5.71. The van der Waals surface area contributed by atoms with Crippen LogP contribution in [0.25, 0.3) is 0 Å². The van der Waals surface area contributed by atoms with Crippen LogP contribution in [0.4, 0.5) is 10.5 Å². The molecular formula is C29H34N2O7. The van der Waals surface area contributed by atoms with Crippen molar-refractivity contribution in [1.82, 2.24) is 5.32 Å². The second-order valence-corrected chi connectivity index (χ2v) is 9.40. The van der Waals surface area contributed by atoms with Crippen LogP contribution in [0, 0.1) is 0 Å². The highest BCUT2D eigenvalue weighted by atomic mass is 17.2. The van der Waals surface area contributed by atoms with Gasteiger partial charge in [0.2, 0.25) is 0 Å². The highest BCUT2D eigenvalue weighted by Gasteiger charge is 2.23. The molecule has 0 radical (unpaired) electrons. The van der Waals surface area contributed by atoms with Crippen LogP contribution in [-0.2, 0) is 27.6 Å². The highest BCUT2D eigenvalue weighted by Crippen LogP contribution is 2.16. The number of benzene rings is 3. The molecule has 202 valence electrons. The molecule has 0 spiro atoms. The first-order valence-corrected chi connectivity index (χ1v) is 11.9. The third-order valence-corrected chi connectivity index (χ3v) is 4.89. The van der Waals surface area contributed by atoms with Gasteiger partial charge >= 0.3 is 12.1 Å². The molecule has 3 aromatic carbocycles. The van der Waals surface area contributed by atoms with E-state index in [9.17, 15) is 19.5 Å². The average Bonchev–Trinajstić information content (AvgIpc) is 2.87. The molecule has 3 rings (SSSR count). The number of carbonyl (C=O) groups excluding carboxylic acids is 2. The Morgan fingerprint density at radius 2 is 1.50 bits per heavy atom. The first-order chi connectivity index (χ1) is 17.9. The number of aliphatic carboxylic acids is 1. The molecule has 38 heavy (non-hydrogen) atoms. The van der Waals surface area contributed by atoms with E-state index in [1.54, 1.807) is 69.3 Å². The van der Waals surface area contributed by atoms with Gasteiger partial charge < -0.3 is 20.9 Å². The van der Waals surface area contributed by atoms with Crippen molar-refractivity contribution in [3.05, 3.63) is 95.6 Å². The molecule has 0 fully saturated rings. The number of rotatable bonds is 9. The third kappa shape index (κ3) is 11.6. The molecule has 4 N–H and O–H groups in total. The van der Waals surface area contributed by atoms with E-state index in [0.29, 0.717) is 23.6 Å². The summed E-state index contributed by atoms with van der Waals surface area (Å²) >= 11 is 0. The van der Waals surface area contributed by atoms with Crippen molar-refractivity contribution < 1.29 is 34.0 Å². The Morgan fingerprint density at radius 1 is 0.895 bits per heavy atom. The van der Waals surface area contributed by atoms with Crippen LogP contribution in [0.15, 0.2) is 78.9 Å². The van der Waals surface area contributed by atoms with Gasteiger partial charge in [-0.1, -0.05) is 42.5 Å². The Kier molecular flexibility index (Phi) is 11.3. The number of ketones is 1. The number of hydrogen-bond donors (Lipinski definition) is 3. The average molecular weight is 523 g/mol. The molecule has 0 saturated heterocycles. The molecule has 0 heterocycles. The van der Waals surface area contributed by atoms with E-state index >= 15 is 0 Å². The van der Waals surface area contributed by atoms with Gasteiger partial charge in [0.15, 0.2) is 5.78 Å². The second kappa shape index (κ2) is 14.4. The minimum atomic E-state index is -1.17. The summed E-state index contributed by atoms with van der Waals surface area (Å²) in [6.07, 6.45) is -0.857. The Labute approximate surface area is 222 Å². The zero-order chi connectivity index (χ0) is 28.1. The van der Waals surface area contributed by atoms with Crippen LogP contribution in [0.1, 0.15) is 49.2 Å². The first-order valence-electron chi connectivity index (χ1n) is 11.9. The molecule has 0 aliphatic rings. The Hall–Kier alpha value is -4.37. The van der Waals surface area contributed by atoms with Gasteiger partial charge in [-0.2, -0.15) is 4.89 Å². The topological polar surface area (TPSA) is 137 Å². The number of ether oxygens (including phenoxy) is 1. The largest absolute Gasteiger partial charge is 0.489 e. The van der Waals surface area contributed by atoms with Crippen LogP contribution in [0.3, 0.4) is 0 Å². The predicted molar refractivity (Wildman–Crippen MR) is 144 cm³/mol. The number of amides is 1. The number of carboxylic acid groups (broad SMARTS) is 1. The molecule has 0 unspecified atom stereocenters. The van der Waals surface area contributed by atoms with E-state index in [1.807, 2.05) is 30.3 Å². The molecule has 1 amide bonds. The Bertz CT molecular complexity index is 1170. The number of nitrogens with two attached hydrogens (primary N) is 1. The Balaban J connectivity index is 0.000000423. The van der Waals surface area contributed by atoms with E-state index in [2.05, 4.69) is 10.2 Å². The summed E-state index contributed by atoms with van der Waals surface area (Å²) in [5.41, 5.74) is 7.90. The lowest BCUT2D eigenvalue weighted by atomic mass is 10.1. The molecular weight excluding hydrogens is 488 g/mol. The number of Topliss-reactive ketones (excluding diaryl/α,β-unsaturated/α-hetero) is 1. The van der Waals surface area contributed by atoms with Gasteiger partial charge in [-0.3, -0.25) is 9.68 Å². The number of nitrogen functional groups attached to an aromatic ring is 1. The van der Waals surface area contributed by atoms with Crippen molar-refractivity contribution in [3.63, 3.8) is 0 Å². The summed E-state index contributed by atoms with van der Waals surface area (Å²) in [4.78, 5) is 43.3. The van der Waals surface area contributed by atoms with Crippen molar-refractivity contribution in [2.45, 2.75) is 52.4 Å². The molecule has 0 aliphatic carbocycles. The van der Waals surface area contributed by atoms with Crippen molar-refractivity contribution in [2.75, 3.05) is 5.73 Å². The van der Waals surface area contributed by atoms with Crippen LogP contribution in [-0.4, -0.2) is 34.6 Å². The minimum absolute atomic E-state index is 0.0694. The maximum Gasteiger partial charge on any atom is 0.439 e. The van der Waals surface area contributed by atoms with E-state index < -0.39 is 23.7 Å². The number of carboxylic acids is 1. The van der Waals surface area contributed by atoms with E-state index in [1.165, 1.54) is 6.92 Å². The molecule has 0 aromatic heterocycles. The smallest absolute Gasteiger partial charge is 0.439 e. The fraction of sp³-hybridized carbons (Fsp3) is 0.276. The third-order valence-electron chi connectivity index (χ3n) is 4.89. The van der Waals surface area contributed by atoms with Crippen molar-refractivity contribution in [2.24, 2.45) is 0 Å². The van der Waals surface area contributed by atoms with Crippen LogP contribution < -0.4 is 15.8 Å². The van der Waals surface area contributed by atoms with Gasteiger partial charge in [-0.15, -0.1) is 0 Å². The SMILES string of the molecule is CC(=O)c1ccc(N)cc1.CC(C)(C)OOC(=O)N[C@@H](Cc1ccc(OCc2ccccc2)cc1)C(=O)O. The van der Waals surface area contributed by atoms with Crippen molar-refractivity contribution >= 4 is 23.5 Å². The van der Waals surface area contributed by atoms with Gasteiger partial charge in [0, 0.05) is 17.7 Å². The maximum atomic E-state index is 11.7. The fourth-order valence-electron chi connectivity index (χ4n) is 2.95. The van der Waals surface area contributed by atoms with Crippen molar-refractivity contribution in [3.8, 4) is 5.75 Å². The number of hydrogen-bond acceptors (Lipinski definition) is 7. The zero-order valence-corrected chi connectivity index (χ0v) is 22.0. The summed E-state index contributed by atoms with van der Waals surface area (Å²) in [6.45, 7) is 7.09. The van der Waals surface area contributed by atoms with E-state index in [4.69, 9.17) is 15.4 Å². The lowest BCUT2D eigenvalue weighted by Gasteiger charge is -2.18. The zero-order valence-electron chi connectivity index (χ0n) is 22.0. The molecule has 0 saturated carbocycles. The fourth-order valence-corrected chi connectivity index (χ4v) is 2.95.